The summed E-state index contributed by atoms with van der Waals surface area (Å²) in [4.78, 5) is 11.5. The number of nitrogens with one attached hydrogen (secondary N) is 1. The van der Waals surface area contributed by atoms with Gasteiger partial charge in [0, 0.05) is 6.54 Å². The van der Waals surface area contributed by atoms with Crippen molar-refractivity contribution in [3.8, 4) is 5.75 Å². The molecule has 0 saturated carbocycles. The number of carbonyl (C=O) groups is 1. The number of ether oxygens (including phenoxy) is 1. The third kappa shape index (κ3) is 5.11. The summed E-state index contributed by atoms with van der Waals surface area (Å²) in [6.07, 6.45) is 0.478. The molecule has 0 radical (unpaired) electrons. The number of hydrogen-bond acceptors (Lipinski definition) is 3. The molecule has 0 aromatic heterocycles. The molecule has 122 valence electrons. The predicted octanol–water partition coefficient (Wildman–Crippen LogP) is 3.08. The summed E-state index contributed by atoms with van der Waals surface area (Å²) in [5.74, 6) is 0.218. The number of aliphatic carboxylic acids is 1. The first-order valence-corrected chi connectivity index (χ1v) is 7.74. The average molecular weight is 313 g/mol. The maximum Gasteiger partial charge on any atom is 0.321 e. The van der Waals surface area contributed by atoms with Crippen LogP contribution in [0.2, 0.25) is 0 Å². The van der Waals surface area contributed by atoms with Crippen molar-refractivity contribution in [1.29, 1.82) is 0 Å². The lowest BCUT2D eigenvalue weighted by Gasteiger charge is -2.18. The van der Waals surface area contributed by atoms with E-state index in [-0.39, 0.29) is 5.92 Å². The molecule has 0 bridgehead atoms. The molecule has 0 aliphatic rings. The van der Waals surface area contributed by atoms with Crippen molar-refractivity contribution in [1.82, 2.24) is 5.32 Å². The van der Waals surface area contributed by atoms with E-state index in [0.717, 1.165) is 16.9 Å². The van der Waals surface area contributed by atoms with Crippen LogP contribution in [0.15, 0.2) is 54.6 Å². The van der Waals surface area contributed by atoms with Crippen molar-refractivity contribution >= 4 is 5.97 Å². The Morgan fingerprint density at radius 2 is 1.78 bits per heavy atom. The van der Waals surface area contributed by atoms with Gasteiger partial charge in [-0.1, -0.05) is 49.4 Å². The zero-order chi connectivity index (χ0) is 16.7. The molecular weight excluding hydrogens is 290 g/mol. The van der Waals surface area contributed by atoms with Crippen LogP contribution in [-0.4, -0.2) is 30.8 Å². The van der Waals surface area contributed by atoms with Crippen molar-refractivity contribution in [3.63, 3.8) is 0 Å². The van der Waals surface area contributed by atoms with E-state index in [9.17, 15) is 9.90 Å². The summed E-state index contributed by atoms with van der Waals surface area (Å²) in [5.41, 5.74) is 2.17. The summed E-state index contributed by atoms with van der Waals surface area (Å²) >= 11 is 0. The van der Waals surface area contributed by atoms with Crippen LogP contribution in [0.5, 0.6) is 5.75 Å². The van der Waals surface area contributed by atoms with E-state index in [2.05, 4.69) is 12.2 Å². The molecule has 0 amide bonds. The van der Waals surface area contributed by atoms with Crippen molar-refractivity contribution in [3.05, 3.63) is 65.7 Å². The Hall–Kier alpha value is -2.33. The Bertz CT molecular complexity index is 610. The highest BCUT2D eigenvalue weighted by Crippen LogP contribution is 2.18. The molecular formula is C19H23NO3. The fourth-order valence-corrected chi connectivity index (χ4v) is 2.47. The van der Waals surface area contributed by atoms with Crippen LogP contribution in [0.4, 0.5) is 0 Å². The zero-order valence-electron chi connectivity index (χ0n) is 13.5. The minimum Gasteiger partial charge on any atom is -0.497 e. The molecule has 1 unspecified atom stereocenters. The van der Waals surface area contributed by atoms with Crippen LogP contribution in [0.25, 0.3) is 0 Å². The SMILES string of the molecule is COc1ccc(C(C)CN[C@H](Cc2ccccc2)C(=O)O)cc1. The molecule has 0 fully saturated rings. The van der Waals surface area contributed by atoms with Crippen molar-refractivity contribution < 1.29 is 14.6 Å². The Balaban J connectivity index is 1.93. The normalized spacial score (nSPS) is 13.3. The van der Waals surface area contributed by atoms with Crippen LogP contribution in [0, 0.1) is 0 Å². The molecule has 2 aromatic rings. The molecule has 0 aliphatic carbocycles. The Labute approximate surface area is 137 Å². The number of methoxy groups -OCH3 is 1. The number of carboxylic acid groups (broad SMARTS) is 1. The van der Waals surface area contributed by atoms with Gasteiger partial charge >= 0.3 is 5.97 Å². The van der Waals surface area contributed by atoms with E-state index in [4.69, 9.17) is 4.74 Å². The van der Waals surface area contributed by atoms with Gasteiger partial charge in [-0.3, -0.25) is 4.79 Å². The molecule has 0 saturated heterocycles. The van der Waals surface area contributed by atoms with E-state index in [1.165, 1.54) is 0 Å². The van der Waals surface area contributed by atoms with Crippen molar-refractivity contribution in [2.75, 3.05) is 13.7 Å². The second-order valence-electron chi connectivity index (χ2n) is 5.66. The molecule has 4 nitrogen and oxygen atoms in total. The van der Waals surface area contributed by atoms with Gasteiger partial charge < -0.3 is 15.2 Å². The van der Waals surface area contributed by atoms with Crippen LogP contribution in [-0.2, 0) is 11.2 Å². The van der Waals surface area contributed by atoms with Gasteiger partial charge in [-0.15, -0.1) is 0 Å². The highest BCUT2D eigenvalue weighted by atomic mass is 16.5. The lowest BCUT2D eigenvalue weighted by atomic mass is 10.00. The van der Waals surface area contributed by atoms with E-state index < -0.39 is 12.0 Å². The topological polar surface area (TPSA) is 58.6 Å². The number of hydrogen-bond donors (Lipinski definition) is 2. The highest BCUT2D eigenvalue weighted by Gasteiger charge is 2.18. The van der Waals surface area contributed by atoms with E-state index in [1.54, 1.807) is 7.11 Å². The van der Waals surface area contributed by atoms with Crippen LogP contribution in [0.1, 0.15) is 24.0 Å². The maximum absolute atomic E-state index is 11.5. The second kappa shape index (κ2) is 8.34. The smallest absolute Gasteiger partial charge is 0.321 e. The van der Waals surface area contributed by atoms with E-state index in [1.807, 2.05) is 54.6 Å². The average Bonchev–Trinajstić information content (AvgIpc) is 2.59. The van der Waals surface area contributed by atoms with Gasteiger partial charge in [0.25, 0.3) is 0 Å². The summed E-state index contributed by atoms with van der Waals surface area (Å²) in [7, 11) is 1.64. The number of rotatable bonds is 8. The van der Waals surface area contributed by atoms with Gasteiger partial charge in [-0.25, -0.2) is 0 Å². The minimum absolute atomic E-state index is 0.221. The first-order chi connectivity index (χ1) is 11.1. The van der Waals surface area contributed by atoms with Gasteiger partial charge in [-0.2, -0.15) is 0 Å². The van der Waals surface area contributed by atoms with Gasteiger partial charge in [-0.05, 0) is 35.6 Å². The van der Waals surface area contributed by atoms with Gasteiger partial charge in [0.05, 0.1) is 7.11 Å². The molecule has 0 heterocycles. The number of carboxylic acids is 1. The van der Waals surface area contributed by atoms with Gasteiger partial charge in [0.1, 0.15) is 11.8 Å². The second-order valence-corrected chi connectivity index (χ2v) is 5.66. The lowest BCUT2D eigenvalue weighted by Crippen LogP contribution is -2.40. The zero-order valence-corrected chi connectivity index (χ0v) is 13.5. The third-order valence-corrected chi connectivity index (χ3v) is 3.94. The summed E-state index contributed by atoms with van der Waals surface area (Å²) in [5, 5.41) is 12.6. The van der Waals surface area contributed by atoms with Crippen LogP contribution < -0.4 is 10.1 Å². The Morgan fingerprint density at radius 1 is 1.13 bits per heavy atom. The van der Waals surface area contributed by atoms with Crippen molar-refractivity contribution in [2.24, 2.45) is 0 Å². The Kier molecular flexibility index (Phi) is 6.18. The standard InChI is InChI=1S/C19H23NO3/c1-14(16-8-10-17(23-2)11-9-16)13-20-18(19(21)22)12-15-6-4-3-5-7-15/h3-11,14,18,20H,12-13H2,1-2H3,(H,21,22)/t14?,18-/m1/s1. The van der Waals surface area contributed by atoms with Gasteiger partial charge in [0.2, 0.25) is 0 Å². The molecule has 23 heavy (non-hydrogen) atoms. The Morgan fingerprint density at radius 3 is 2.35 bits per heavy atom. The van der Waals surface area contributed by atoms with Crippen molar-refractivity contribution in [2.45, 2.75) is 25.3 Å². The number of benzene rings is 2. The lowest BCUT2D eigenvalue weighted by molar-refractivity contribution is -0.139. The molecule has 2 rings (SSSR count). The van der Waals surface area contributed by atoms with Gasteiger partial charge in [0.15, 0.2) is 0 Å². The predicted molar refractivity (Wildman–Crippen MR) is 91.0 cm³/mol. The molecule has 4 heteroatoms. The summed E-state index contributed by atoms with van der Waals surface area (Å²) in [6, 6.07) is 17.0. The quantitative estimate of drug-likeness (QED) is 0.786. The van der Waals surface area contributed by atoms with Crippen LogP contribution >= 0.6 is 0 Å². The maximum atomic E-state index is 11.5. The molecule has 2 aromatic carbocycles. The molecule has 2 N–H and O–H groups in total. The molecule has 0 aliphatic heterocycles. The van der Waals surface area contributed by atoms with E-state index in [0.29, 0.717) is 13.0 Å². The van der Waals surface area contributed by atoms with Crippen LogP contribution in [0.3, 0.4) is 0 Å². The fraction of sp³-hybridized carbons (Fsp3) is 0.316. The first kappa shape index (κ1) is 17.0. The summed E-state index contributed by atoms with van der Waals surface area (Å²) in [6.45, 7) is 2.69. The molecule has 0 spiro atoms. The minimum atomic E-state index is -0.823. The monoisotopic (exact) mass is 313 g/mol. The molecule has 2 atom stereocenters. The fourth-order valence-electron chi connectivity index (χ4n) is 2.47. The third-order valence-electron chi connectivity index (χ3n) is 3.94. The van der Waals surface area contributed by atoms with E-state index >= 15 is 0 Å². The first-order valence-electron chi connectivity index (χ1n) is 7.74. The summed E-state index contributed by atoms with van der Waals surface area (Å²) < 4.78 is 5.15. The highest BCUT2D eigenvalue weighted by molar-refractivity contribution is 5.73. The largest absolute Gasteiger partial charge is 0.497 e.